The zero-order valence-electron chi connectivity index (χ0n) is 7.84. The number of methoxy groups -OCH3 is 1. The van der Waals surface area contributed by atoms with Crippen LogP contribution in [0.4, 0.5) is 0 Å². The second-order valence-corrected chi connectivity index (χ2v) is 2.72. The summed E-state index contributed by atoms with van der Waals surface area (Å²) in [6.07, 6.45) is -2.11. The van der Waals surface area contributed by atoms with E-state index in [4.69, 9.17) is 5.26 Å². The van der Waals surface area contributed by atoms with Gasteiger partial charge in [-0.15, -0.1) is 0 Å². The van der Waals surface area contributed by atoms with Gasteiger partial charge in [0.05, 0.1) is 13.3 Å². The van der Waals surface area contributed by atoms with Crippen LogP contribution in [-0.4, -0.2) is 39.6 Å². The van der Waals surface area contributed by atoms with Gasteiger partial charge in [0.1, 0.15) is 17.9 Å². The molecule has 0 saturated heterocycles. The molecule has 0 amide bonds. The number of esters is 1. The van der Waals surface area contributed by atoms with Crippen molar-refractivity contribution >= 4 is 5.97 Å². The summed E-state index contributed by atoms with van der Waals surface area (Å²) in [5.41, 5.74) is 0.0425. The van der Waals surface area contributed by atoms with Crippen molar-refractivity contribution < 1.29 is 19.7 Å². The summed E-state index contributed by atoms with van der Waals surface area (Å²) in [5, 5.41) is 33.3. The van der Waals surface area contributed by atoms with E-state index in [1.54, 1.807) is 6.07 Å². The third-order valence-corrected chi connectivity index (χ3v) is 1.84. The van der Waals surface area contributed by atoms with Gasteiger partial charge in [0.2, 0.25) is 0 Å². The van der Waals surface area contributed by atoms with Gasteiger partial charge in [0, 0.05) is 5.56 Å². The molecule has 0 aliphatic rings. The highest BCUT2D eigenvalue weighted by molar-refractivity contribution is 5.75. The van der Waals surface area contributed by atoms with Gasteiger partial charge in [-0.05, 0) is 0 Å². The van der Waals surface area contributed by atoms with Crippen molar-refractivity contribution in [2.45, 2.75) is 12.2 Å². The van der Waals surface area contributed by atoms with Crippen LogP contribution < -0.4 is 0 Å². The van der Waals surface area contributed by atoms with Gasteiger partial charge in [0.25, 0.3) is 0 Å². The van der Waals surface area contributed by atoms with E-state index in [1.807, 2.05) is 0 Å². The largest absolute Gasteiger partial charge is 0.467 e. The van der Waals surface area contributed by atoms with Gasteiger partial charge in [-0.25, -0.2) is 4.79 Å². The minimum absolute atomic E-state index is 0.00884. The molecule has 0 aliphatic carbocycles. The van der Waals surface area contributed by atoms with Crippen LogP contribution in [0, 0.1) is 11.3 Å². The maximum absolute atomic E-state index is 10.9. The molecule has 1 heterocycles. The van der Waals surface area contributed by atoms with E-state index in [-0.39, 0.29) is 11.3 Å². The van der Waals surface area contributed by atoms with Gasteiger partial charge in [-0.3, -0.25) is 5.10 Å². The van der Waals surface area contributed by atoms with Crippen molar-refractivity contribution in [3.8, 4) is 6.07 Å². The lowest BCUT2D eigenvalue weighted by atomic mass is 10.1. The normalized spacial score (nSPS) is 14.0. The highest BCUT2D eigenvalue weighted by Crippen LogP contribution is 2.19. The Morgan fingerprint density at radius 2 is 2.40 bits per heavy atom. The van der Waals surface area contributed by atoms with E-state index in [9.17, 15) is 15.0 Å². The van der Waals surface area contributed by atoms with Gasteiger partial charge >= 0.3 is 5.97 Å². The quantitative estimate of drug-likeness (QED) is 0.543. The Kier molecular flexibility index (Phi) is 3.38. The van der Waals surface area contributed by atoms with Gasteiger partial charge in [0.15, 0.2) is 6.10 Å². The minimum atomic E-state index is -1.74. The first-order chi connectivity index (χ1) is 7.11. The number of nitrogens with one attached hydrogen (secondary N) is 1. The number of aromatic amines is 1. The molecule has 0 aromatic carbocycles. The predicted molar refractivity (Wildman–Crippen MR) is 46.3 cm³/mol. The molecular formula is C8H9N3O4. The van der Waals surface area contributed by atoms with Crippen LogP contribution in [0.15, 0.2) is 6.20 Å². The molecule has 0 spiro atoms. The summed E-state index contributed by atoms with van der Waals surface area (Å²) in [6.45, 7) is 0. The van der Waals surface area contributed by atoms with Crippen molar-refractivity contribution in [3.05, 3.63) is 17.5 Å². The number of carbonyl (C=O) groups excluding carboxylic acids is 1. The Balaban J connectivity index is 2.90. The van der Waals surface area contributed by atoms with E-state index < -0.39 is 18.2 Å². The zero-order valence-corrected chi connectivity index (χ0v) is 7.84. The lowest BCUT2D eigenvalue weighted by molar-refractivity contribution is -0.156. The summed E-state index contributed by atoms with van der Waals surface area (Å²) in [6, 6.07) is 1.73. The zero-order chi connectivity index (χ0) is 11.4. The first kappa shape index (κ1) is 11.2. The van der Waals surface area contributed by atoms with Crippen molar-refractivity contribution in [2.24, 2.45) is 0 Å². The number of aromatic nitrogens is 2. The van der Waals surface area contributed by atoms with Crippen LogP contribution in [-0.2, 0) is 9.53 Å². The molecule has 0 radical (unpaired) electrons. The first-order valence-corrected chi connectivity index (χ1v) is 3.99. The highest BCUT2D eigenvalue weighted by Gasteiger charge is 2.29. The fraction of sp³-hybridized carbons (Fsp3) is 0.375. The molecule has 15 heavy (non-hydrogen) atoms. The Labute approximate surface area is 84.9 Å². The maximum atomic E-state index is 10.9. The number of hydrogen-bond donors (Lipinski definition) is 3. The smallest absolute Gasteiger partial charge is 0.337 e. The standard InChI is InChI=1S/C8H9N3O4/c1-15-8(14)7(13)6(12)4-3-10-11-5(4)2-9/h3,6-7,12-13H,1H3,(H,10,11). The average Bonchev–Trinajstić information content (AvgIpc) is 2.73. The fourth-order valence-corrected chi connectivity index (χ4v) is 1.03. The van der Waals surface area contributed by atoms with E-state index in [1.165, 1.54) is 0 Å². The third kappa shape index (κ3) is 2.12. The van der Waals surface area contributed by atoms with Crippen molar-refractivity contribution in [2.75, 3.05) is 7.11 Å². The van der Waals surface area contributed by atoms with Crippen LogP contribution >= 0.6 is 0 Å². The van der Waals surface area contributed by atoms with Crippen LogP contribution in [0.3, 0.4) is 0 Å². The molecule has 1 aromatic rings. The number of ether oxygens (including phenoxy) is 1. The summed E-state index contributed by atoms with van der Waals surface area (Å²) in [4.78, 5) is 10.9. The fourth-order valence-electron chi connectivity index (χ4n) is 1.03. The molecule has 0 aliphatic heterocycles. The van der Waals surface area contributed by atoms with Crippen LogP contribution in [0.5, 0.6) is 0 Å². The molecule has 3 N–H and O–H groups in total. The highest BCUT2D eigenvalue weighted by atomic mass is 16.5. The van der Waals surface area contributed by atoms with E-state index >= 15 is 0 Å². The summed E-state index contributed by atoms with van der Waals surface area (Å²) in [7, 11) is 1.08. The lowest BCUT2D eigenvalue weighted by Gasteiger charge is -2.14. The Morgan fingerprint density at radius 1 is 1.73 bits per heavy atom. The molecule has 2 atom stereocenters. The molecule has 7 nitrogen and oxygen atoms in total. The number of nitrogens with zero attached hydrogens (tertiary/aromatic N) is 2. The van der Waals surface area contributed by atoms with Gasteiger partial charge in [-0.2, -0.15) is 10.4 Å². The molecule has 1 aromatic heterocycles. The Hall–Kier alpha value is -1.91. The van der Waals surface area contributed by atoms with Crippen molar-refractivity contribution in [3.63, 3.8) is 0 Å². The summed E-state index contributed by atoms with van der Waals surface area (Å²) < 4.78 is 4.24. The van der Waals surface area contributed by atoms with E-state index in [0.717, 1.165) is 13.3 Å². The maximum Gasteiger partial charge on any atom is 0.337 e. The van der Waals surface area contributed by atoms with Crippen LogP contribution in [0.2, 0.25) is 0 Å². The predicted octanol–water partition coefficient (Wildman–Crippen LogP) is -1.15. The molecule has 0 saturated carbocycles. The number of aliphatic hydroxyl groups excluding tert-OH is 2. The number of nitriles is 1. The lowest BCUT2D eigenvalue weighted by Crippen LogP contribution is -2.29. The third-order valence-electron chi connectivity index (χ3n) is 1.84. The molecule has 7 heteroatoms. The SMILES string of the molecule is COC(=O)C(O)C(O)c1cn[nH]c1C#N. The molecule has 0 bridgehead atoms. The van der Waals surface area contributed by atoms with E-state index in [0.29, 0.717) is 0 Å². The monoisotopic (exact) mass is 211 g/mol. The van der Waals surface area contributed by atoms with Crippen molar-refractivity contribution in [1.29, 1.82) is 5.26 Å². The first-order valence-electron chi connectivity index (χ1n) is 3.99. The molecule has 0 fully saturated rings. The number of aliphatic hydroxyl groups is 2. The van der Waals surface area contributed by atoms with E-state index in [2.05, 4.69) is 14.9 Å². The molecule has 2 unspecified atom stereocenters. The summed E-state index contributed by atoms with van der Waals surface area (Å²) in [5.74, 6) is -0.979. The number of rotatable bonds is 3. The van der Waals surface area contributed by atoms with Gasteiger partial charge in [-0.1, -0.05) is 0 Å². The Morgan fingerprint density at radius 3 is 2.93 bits per heavy atom. The van der Waals surface area contributed by atoms with Crippen molar-refractivity contribution in [1.82, 2.24) is 10.2 Å². The Bertz CT molecular complexity index is 395. The van der Waals surface area contributed by atoms with Gasteiger partial charge < -0.3 is 14.9 Å². The molecular weight excluding hydrogens is 202 g/mol. The topological polar surface area (TPSA) is 119 Å². The second-order valence-electron chi connectivity index (χ2n) is 2.72. The van der Waals surface area contributed by atoms with Crippen LogP contribution in [0.25, 0.3) is 0 Å². The number of hydrogen-bond acceptors (Lipinski definition) is 6. The molecule has 80 valence electrons. The van der Waals surface area contributed by atoms with Crippen LogP contribution in [0.1, 0.15) is 17.4 Å². The number of carbonyl (C=O) groups is 1. The minimum Gasteiger partial charge on any atom is -0.467 e. The summed E-state index contributed by atoms with van der Waals surface area (Å²) >= 11 is 0. The number of H-pyrrole nitrogens is 1. The molecule has 1 rings (SSSR count). The second kappa shape index (κ2) is 4.54. The average molecular weight is 211 g/mol.